The molecule has 1 amide bonds. The van der Waals surface area contributed by atoms with E-state index in [9.17, 15) is 9.59 Å². The number of carbonyl (C=O) groups is 1. The van der Waals surface area contributed by atoms with E-state index in [1.54, 1.807) is 42.7 Å². The molecule has 0 atom stereocenters. The van der Waals surface area contributed by atoms with Crippen LogP contribution in [0.5, 0.6) is 0 Å². The Balaban J connectivity index is 1.56. The molecule has 4 heterocycles. The largest absolute Gasteiger partial charge is 0.288 e. The lowest BCUT2D eigenvalue weighted by Gasteiger charge is -2.07. The van der Waals surface area contributed by atoms with Gasteiger partial charge in [-0.15, -0.1) is 5.10 Å². The number of hydrogen-bond acceptors (Lipinski definition) is 7. The zero-order valence-corrected chi connectivity index (χ0v) is 15.7. The molecule has 1 aromatic carbocycles. The SMILES string of the molecule is Cn1nc(C(=O)Nc2nc3nccc(-c4ccccn4)n3n2)c2ccccc2c1=O. The molecule has 0 radical (unpaired) electrons. The van der Waals surface area contributed by atoms with E-state index < -0.39 is 5.91 Å². The molecular formula is C20H14N8O2. The lowest BCUT2D eigenvalue weighted by atomic mass is 10.1. The van der Waals surface area contributed by atoms with Crippen LogP contribution in [0, 0.1) is 0 Å². The van der Waals surface area contributed by atoms with E-state index in [2.05, 4.69) is 30.5 Å². The van der Waals surface area contributed by atoms with Crippen molar-refractivity contribution in [3.8, 4) is 11.4 Å². The zero-order valence-electron chi connectivity index (χ0n) is 15.7. The Labute approximate surface area is 168 Å². The number of rotatable bonds is 3. The van der Waals surface area contributed by atoms with E-state index in [1.807, 2.05) is 18.2 Å². The smallest absolute Gasteiger partial charge is 0.279 e. The van der Waals surface area contributed by atoms with E-state index >= 15 is 0 Å². The number of amides is 1. The monoisotopic (exact) mass is 398 g/mol. The third kappa shape index (κ3) is 2.87. The zero-order chi connectivity index (χ0) is 20.7. The van der Waals surface area contributed by atoms with Crippen molar-refractivity contribution >= 4 is 28.4 Å². The molecule has 10 nitrogen and oxygen atoms in total. The van der Waals surface area contributed by atoms with Crippen molar-refractivity contribution < 1.29 is 4.79 Å². The van der Waals surface area contributed by atoms with Gasteiger partial charge >= 0.3 is 0 Å². The first-order chi connectivity index (χ1) is 14.6. The van der Waals surface area contributed by atoms with Gasteiger partial charge in [-0.05, 0) is 24.3 Å². The highest BCUT2D eigenvalue weighted by molar-refractivity contribution is 6.10. The lowest BCUT2D eigenvalue weighted by Crippen LogP contribution is -2.25. The second-order valence-electron chi connectivity index (χ2n) is 6.47. The van der Waals surface area contributed by atoms with Gasteiger partial charge in [-0.2, -0.15) is 14.6 Å². The van der Waals surface area contributed by atoms with Crippen LogP contribution in [0.15, 0.2) is 65.7 Å². The molecule has 5 rings (SSSR count). The van der Waals surface area contributed by atoms with Crippen LogP contribution in [0.4, 0.5) is 5.95 Å². The Kier molecular flexibility index (Phi) is 4.02. The lowest BCUT2D eigenvalue weighted by molar-refractivity contribution is 0.102. The van der Waals surface area contributed by atoms with Gasteiger partial charge in [0.05, 0.1) is 16.8 Å². The second kappa shape index (κ2) is 6.85. The Morgan fingerprint density at radius 2 is 1.73 bits per heavy atom. The fourth-order valence-electron chi connectivity index (χ4n) is 3.18. The summed E-state index contributed by atoms with van der Waals surface area (Å²) in [6.07, 6.45) is 3.28. The van der Waals surface area contributed by atoms with Gasteiger partial charge in [0.1, 0.15) is 0 Å². The summed E-state index contributed by atoms with van der Waals surface area (Å²) in [7, 11) is 1.50. The van der Waals surface area contributed by atoms with E-state index in [4.69, 9.17) is 0 Å². The highest BCUT2D eigenvalue weighted by Crippen LogP contribution is 2.18. The molecular weight excluding hydrogens is 384 g/mol. The molecule has 5 aromatic rings. The summed E-state index contributed by atoms with van der Waals surface area (Å²) in [4.78, 5) is 38.0. The second-order valence-corrected chi connectivity index (χ2v) is 6.47. The van der Waals surface area contributed by atoms with Crippen molar-refractivity contribution in [2.24, 2.45) is 7.05 Å². The summed E-state index contributed by atoms with van der Waals surface area (Å²) in [5.41, 5.74) is 1.19. The van der Waals surface area contributed by atoms with Crippen molar-refractivity contribution in [1.82, 2.24) is 34.3 Å². The Bertz CT molecular complexity index is 1470. The van der Waals surface area contributed by atoms with Crippen LogP contribution in [0.3, 0.4) is 0 Å². The van der Waals surface area contributed by atoms with Crippen molar-refractivity contribution in [3.63, 3.8) is 0 Å². The number of aryl methyl sites for hydroxylation is 1. The van der Waals surface area contributed by atoms with Crippen LogP contribution >= 0.6 is 0 Å². The van der Waals surface area contributed by atoms with Gasteiger partial charge < -0.3 is 0 Å². The summed E-state index contributed by atoms with van der Waals surface area (Å²) >= 11 is 0. The van der Waals surface area contributed by atoms with Crippen LogP contribution in [0.1, 0.15) is 10.5 Å². The number of aromatic nitrogens is 7. The number of nitrogens with zero attached hydrogens (tertiary/aromatic N) is 7. The minimum atomic E-state index is -0.530. The van der Waals surface area contributed by atoms with Crippen molar-refractivity contribution in [2.45, 2.75) is 0 Å². The summed E-state index contributed by atoms with van der Waals surface area (Å²) in [6.45, 7) is 0. The predicted molar refractivity (Wildman–Crippen MR) is 109 cm³/mol. The standard InChI is InChI=1S/C20H14N8O2/c1-27-18(30)13-7-3-2-6-12(13)16(25-27)17(29)23-19-24-20-22-11-9-15(28(20)26-19)14-8-4-5-10-21-14/h2-11H,1H3,(H,23,26,29). The Morgan fingerprint density at radius 1 is 0.933 bits per heavy atom. The Morgan fingerprint density at radius 3 is 2.53 bits per heavy atom. The van der Waals surface area contributed by atoms with Crippen molar-refractivity contribution in [1.29, 1.82) is 0 Å². The molecule has 1 N–H and O–H groups in total. The molecule has 0 bridgehead atoms. The van der Waals surface area contributed by atoms with Crippen LogP contribution in [0.2, 0.25) is 0 Å². The van der Waals surface area contributed by atoms with Gasteiger partial charge in [0.25, 0.3) is 23.2 Å². The average molecular weight is 398 g/mol. The third-order valence-corrected chi connectivity index (χ3v) is 4.56. The fraction of sp³-hybridized carbons (Fsp3) is 0.0500. The van der Waals surface area contributed by atoms with Crippen molar-refractivity contribution in [3.05, 3.63) is 77.0 Å². The molecule has 30 heavy (non-hydrogen) atoms. The minimum absolute atomic E-state index is 0.0654. The van der Waals surface area contributed by atoms with Gasteiger partial charge in [-0.1, -0.05) is 24.3 Å². The molecule has 0 spiro atoms. The number of fused-ring (bicyclic) bond motifs is 2. The quantitative estimate of drug-likeness (QED) is 0.491. The predicted octanol–water partition coefficient (Wildman–Crippen LogP) is 1.69. The van der Waals surface area contributed by atoms with Gasteiger partial charge in [0.15, 0.2) is 5.69 Å². The number of nitrogens with one attached hydrogen (secondary N) is 1. The number of anilines is 1. The molecule has 0 aliphatic heterocycles. The van der Waals surface area contributed by atoms with E-state index in [1.165, 1.54) is 11.6 Å². The van der Waals surface area contributed by atoms with E-state index in [0.717, 1.165) is 4.68 Å². The topological polar surface area (TPSA) is 120 Å². The molecule has 0 aliphatic carbocycles. The average Bonchev–Trinajstić information content (AvgIpc) is 3.19. The molecule has 0 saturated carbocycles. The van der Waals surface area contributed by atoms with Crippen LogP contribution < -0.4 is 10.9 Å². The van der Waals surface area contributed by atoms with Crippen molar-refractivity contribution in [2.75, 3.05) is 5.32 Å². The van der Waals surface area contributed by atoms with E-state index in [-0.39, 0.29) is 17.2 Å². The number of pyridine rings is 1. The maximum absolute atomic E-state index is 12.9. The molecule has 0 saturated heterocycles. The number of hydrogen-bond donors (Lipinski definition) is 1. The van der Waals surface area contributed by atoms with Gasteiger partial charge in [-0.3, -0.25) is 19.9 Å². The highest BCUT2D eigenvalue weighted by Gasteiger charge is 2.18. The summed E-state index contributed by atoms with van der Waals surface area (Å²) < 4.78 is 2.64. The molecule has 146 valence electrons. The molecule has 4 aromatic heterocycles. The fourth-order valence-corrected chi connectivity index (χ4v) is 3.18. The number of benzene rings is 1. The van der Waals surface area contributed by atoms with E-state index in [0.29, 0.717) is 27.9 Å². The summed E-state index contributed by atoms with van der Waals surface area (Å²) in [6, 6.07) is 14.1. The summed E-state index contributed by atoms with van der Waals surface area (Å²) in [5, 5.41) is 12.0. The van der Waals surface area contributed by atoms with Crippen LogP contribution in [0.25, 0.3) is 27.9 Å². The Hall–Kier alpha value is -4.47. The maximum Gasteiger partial charge on any atom is 0.279 e. The first-order valence-corrected chi connectivity index (χ1v) is 9.02. The molecule has 0 aliphatic rings. The third-order valence-electron chi connectivity index (χ3n) is 4.56. The molecule has 0 unspecified atom stereocenters. The minimum Gasteiger partial charge on any atom is -0.288 e. The van der Waals surface area contributed by atoms with Gasteiger partial charge in [-0.25, -0.2) is 9.67 Å². The van der Waals surface area contributed by atoms with Gasteiger partial charge in [0.2, 0.25) is 0 Å². The van der Waals surface area contributed by atoms with Crippen LogP contribution in [-0.2, 0) is 7.05 Å². The first-order valence-electron chi connectivity index (χ1n) is 9.02. The molecule has 10 heteroatoms. The van der Waals surface area contributed by atoms with Crippen LogP contribution in [-0.4, -0.2) is 40.3 Å². The molecule has 0 fully saturated rings. The maximum atomic E-state index is 12.9. The first kappa shape index (κ1) is 17.6. The summed E-state index contributed by atoms with van der Waals surface area (Å²) in [5.74, 6) is -0.153. The van der Waals surface area contributed by atoms with Gasteiger partial charge in [0, 0.05) is 24.8 Å². The number of carbonyl (C=O) groups excluding carboxylic acids is 1. The normalized spacial score (nSPS) is 11.1. The highest BCUT2D eigenvalue weighted by atomic mass is 16.2.